The minimum Gasteiger partial charge on any atom is -0.356 e. The van der Waals surface area contributed by atoms with E-state index in [1.54, 1.807) is 39.0 Å². The lowest BCUT2D eigenvalue weighted by molar-refractivity contribution is -0.0366. The average molecular weight is 662 g/mol. The van der Waals surface area contributed by atoms with Crippen LogP contribution in [-0.2, 0) is 38.4 Å². The van der Waals surface area contributed by atoms with Crippen molar-refractivity contribution in [2.45, 2.75) is 65.0 Å². The number of fused-ring (bicyclic) bond motifs is 1. The third-order valence-electron chi connectivity index (χ3n) is 7.49. The maximum Gasteiger partial charge on any atom is 0.346 e. The van der Waals surface area contributed by atoms with Crippen molar-refractivity contribution in [3.05, 3.63) is 59.0 Å². The van der Waals surface area contributed by atoms with E-state index in [1.807, 2.05) is 46.0 Å². The van der Waals surface area contributed by atoms with Crippen molar-refractivity contribution >= 4 is 37.4 Å². The van der Waals surface area contributed by atoms with Gasteiger partial charge in [-0.25, -0.2) is 4.68 Å². The van der Waals surface area contributed by atoms with Crippen molar-refractivity contribution < 1.29 is 32.0 Å². The number of pyridine rings is 1. The summed E-state index contributed by atoms with van der Waals surface area (Å²) in [6.45, 7) is 8.11. The standard InChI is InChI=1S/C31H41N3O7P2S/c1-5-38-42(35,39-6-2)30(43(36,40-7-3)41-8-4)19-25-18-26(20-32-31(25)24-14-16-44-22-24)23-12-13-28-27(17-23)21-33-34(28)29-11-9-10-15-37-29/h12-14,16-18,20-22,29-30H,5-11,15,19H2,1-4H3. The normalized spacial score (nSPS) is 16.2. The van der Waals surface area contributed by atoms with Crippen LogP contribution in [0.2, 0.25) is 0 Å². The Morgan fingerprint density at radius 3 is 2.20 bits per heavy atom. The van der Waals surface area contributed by atoms with Crippen LogP contribution in [0.5, 0.6) is 0 Å². The molecule has 1 aromatic carbocycles. The van der Waals surface area contributed by atoms with Crippen molar-refractivity contribution in [1.82, 2.24) is 14.8 Å². The molecule has 1 atom stereocenters. The molecule has 0 spiro atoms. The number of hydrogen-bond acceptors (Lipinski definition) is 10. The van der Waals surface area contributed by atoms with Crippen LogP contribution in [0, 0.1) is 0 Å². The Hall–Kier alpha value is -2.20. The number of nitrogens with zero attached hydrogens (tertiary/aromatic N) is 3. The molecule has 44 heavy (non-hydrogen) atoms. The highest BCUT2D eigenvalue weighted by Gasteiger charge is 2.51. The first-order valence-corrected chi connectivity index (χ1v) is 19.4. The first-order chi connectivity index (χ1) is 21.4. The second-order valence-electron chi connectivity index (χ2n) is 10.4. The molecule has 0 bridgehead atoms. The third-order valence-corrected chi connectivity index (χ3v) is 14.2. The summed E-state index contributed by atoms with van der Waals surface area (Å²) in [4.78, 5) is 4.88. The zero-order valence-electron chi connectivity index (χ0n) is 25.7. The van der Waals surface area contributed by atoms with Crippen LogP contribution in [-0.4, -0.2) is 53.2 Å². The van der Waals surface area contributed by atoms with Crippen LogP contribution in [0.1, 0.15) is 58.7 Å². The molecule has 238 valence electrons. The first-order valence-electron chi connectivity index (χ1n) is 15.2. The molecule has 4 heterocycles. The van der Waals surface area contributed by atoms with E-state index in [1.165, 1.54) is 0 Å². The minimum atomic E-state index is -3.96. The van der Waals surface area contributed by atoms with Gasteiger partial charge in [0.2, 0.25) is 0 Å². The van der Waals surface area contributed by atoms with Crippen LogP contribution in [0.4, 0.5) is 0 Å². The van der Waals surface area contributed by atoms with E-state index in [2.05, 4.69) is 17.2 Å². The molecule has 1 fully saturated rings. The predicted molar refractivity (Wildman–Crippen MR) is 174 cm³/mol. The summed E-state index contributed by atoms with van der Waals surface area (Å²) >= 11 is 1.55. The molecule has 0 radical (unpaired) electrons. The molecule has 1 aliphatic rings. The number of ether oxygens (including phenoxy) is 1. The van der Waals surface area contributed by atoms with Gasteiger partial charge in [0.05, 0.1) is 43.8 Å². The lowest BCUT2D eigenvalue weighted by atomic mass is 10.00. The molecule has 10 nitrogen and oxygen atoms in total. The summed E-state index contributed by atoms with van der Waals surface area (Å²) in [5.41, 5.74) is 5.14. The summed E-state index contributed by atoms with van der Waals surface area (Å²) in [6.07, 6.45) is 6.82. The van der Waals surface area contributed by atoms with E-state index in [4.69, 9.17) is 27.8 Å². The van der Waals surface area contributed by atoms with E-state index in [0.29, 0.717) is 5.69 Å². The van der Waals surface area contributed by atoms with Gasteiger partial charge in [-0.1, -0.05) is 6.07 Å². The SMILES string of the molecule is CCOP(=O)(OCC)C(Cc1cc(-c2ccc3c(cnn3C3CCCCO3)c2)cnc1-c1ccsc1)P(=O)(OCC)OCC. The van der Waals surface area contributed by atoms with Crippen LogP contribution in [0.3, 0.4) is 0 Å². The molecule has 4 aromatic rings. The molecule has 0 N–H and O–H groups in total. The van der Waals surface area contributed by atoms with E-state index in [0.717, 1.165) is 59.0 Å². The van der Waals surface area contributed by atoms with Gasteiger partial charge in [0.15, 0.2) is 11.6 Å². The number of hydrogen-bond donors (Lipinski definition) is 0. The molecular weight excluding hydrogens is 620 g/mol. The Bertz CT molecular complexity index is 1570. The molecule has 5 rings (SSSR count). The molecule has 1 saturated heterocycles. The van der Waals surface area contributed by atoms with Gasteiger partial charge in [-0.15, -0.1) is 0 Å². The quantitative estimate of drug-likeness (QED) is 0.115. The average Bonchev–Trinajstić information content (AvgIpc) is 3.71. The minimum absolute atomic E-state index is 0.0414. The summed E-state index contributed by atoms with van der Waals surface area (Å²) in [6, 6.07) is 10.2. The van der Waals surface area contributed by atoms with Gasteiger partial charge in [-0.05, 0) is 87.7 Å². The summed E-state index contributed by atoms with van der Waals surface area (Å²) in [5.74, 6) is 0. The van der Waals surface area contributed by atoms with Gasteiger partial charge in [0.25, 0.3) is 0 Å². The van der Waals surface area contributed by atoms with Crippen molar-refractivity contribution in [3.8, 4) is 22.4 Å². The van der Waals surface area contributed by atoms with Crippen LogP contribution in [0.15, 0.2) is 53.5 Å². The molecule has 13 heteroatoms. The summed E-state index contributed by atoms with van der Waals surface area (Å²) < 4.78 is 59.6. The Balaban J connectivity index is 1.59. The van der Waals surface area contributed by atoms with Crippen molar-refractivity contribution in [2.24, 2.45) is 0 Å². The lowest BCUT2D eigenvalue weighted by Gasteiger charge is -2.31. The zero-order chi connectivity index (χ0) is 31.2. The zero-order valence-corrected chi connectivity index (χ0v) is 28.3. The van der Waals surface area contributed by atoms with E-state index >= 15 is 0 Å². The Morgan fingerprint density at radius 1 is 0.909 bits per heavy atom. The highest BCUT2D eigenvalue weighted by atomic mass is 32.1. The fourth-order valence-electron chi connectivity index (χ4n) is 5.59. The highest BCUT2D eigenvalue weighted by molar-refractivity contribution is 7.72. The second kappa shape index (κ2) is 14.9. The van der Waals surface area contributed by atoms with Crippen molar-refractivity contribution in [1.29, 1.82) is 0 Å². The molecule has 1 unspecified atom stereocenters. The monoisotopic (exact) mass is 661 g/mol. The Morgan fingerprint density at radius 2 is 1.61 bits per heavy atom. The van der Waals surface area contributed by atoms with Crippen LogP contribution >= 0.6 is 26.5 Å². The van der Waals surface area contributed by atoms with Crippen molar-refractivity contribution in [2.75, 3.05) is 33.0 Å². The van der Waals surface area contributed by atoms with Gasteiger partial charge >= 0.3 is 15.2 Å². The van der Waals surface area contributed by atoms with Gasteiger partial charge in [0.1, 0.15) is 0 Å². The number of benzene rings is 1. The van der Waals surface area contributed by atoms with E-state index in [-0.39, 0.29) is 39.1 Å². The molecular formula is C31H41N3O7P2S. The smallest absolute Gasteiger partial charge is 0.346 e. The number of thiophene rings is 1. The Labute approximate surface area is 263 Å². The van der Waals surface area contributed by atoms with Gasteiger partial charge in [0, 0.05) is 41.1 Å². The predicted octanol–water partition coefficient (Wildman–Crippen LogP) is 8.93. The molecule has 1 aliphatic heterocycles. The summed E-state index contributed by atoms with van der Waals surface area (Å²) in [5, 5.41) is 8.42. The maximum absolute atomic E-state index is 14.3. The van der Waals surface area contributed by atoms with Crippen LogP contribution < -0.4 is 0 Å². The van der Waals surface area contributed by atoms with Gasteiger partial charge in [-0.2, -0.15) is 16.4 Å². The largest absolute Gasteiger partial charge is 0.356 e. The fraction of sp³-hybridized carbons (Fsp3) is 0.484. The Kier molecular flexibility index (Phi) is 11.3. The van der Waals surface area contributed by atoms with Crippen LogP contribution in [0.25, 0.3) is 33.3 Å². The first kappa shape index (κ1) is 33.2. The number of rotatable bonds is 15. The van der Waals surface area contributed by atoms with Gasteiger partial charge in [-0.3, -0.25) is 14.1 Å². The second-order valence-corrected chi connectivity index (χ2v) is 16.0. The third kappa shape index (κ3) is 7.11. The van der Waals surface area contributed by atoms with Crippen molar-refractivity contribution in [3.63, 3.8) is 0 Å². The summed E-state index contributed by atoms with van der Waals surface area (Å²) in [7, 11) is -7.93. The maximum atomic E-state index is 14.3. The molecule has 0 saturated carbocycles. The highest BCUT2D eigenvalue weighted by Crippen LogP contribution is 2.71. The van der Waals surface area contributed by atoms with E-state index < -0.39 is 20.6 Å². The molecule has 0 aliphatic carbocycles. The fourth-order valence-corrected chi connectivity index (χ4v) is 11.5. The molecule has 3 aromatic heterocycles. The number of aromatic nitrogens is 3. The van der Waals surface area contributed by atoms with E-state index in [9.17, 15) is 9.13 Å². The topological polar surface area (TPSA) is 111 Å². The lowest BCUT2D eigenvalue weighted by Crippen LogP contribution is -2.21. The van der Waals surface area contributed by atoms with Gasteiger partial charge < -0.3 is 22.8 Å². The molecule has 0 amide bonds.